The lowest BCUT2D eigenvalue weighted by atomic mass is 10.0. The summed E-state index contributed by atoms with van der Waals surface area (Å²) in [5, 5.41) is 10.6. The van der Waals surface area contributed by atoms with Gasteiger partial charge in [-0.05, 0) is 37.5 Å². The Labute approximate surface area is 588 Å². The van der Waals surface area contributed by atoms with E-state index in [0.717, 1.165) is 102 Å². The molecule has 0 aromatic carbocycles. The van der Waals surface area contributed by atoms with Crippen molar-refractivity contribution in [3.05, 3.63) is 0 Å². The highest BCUT2D eigenvalue weighted by Gasteiger charge is 2.30. The van der Waals surface area contributed by atoms with Gasteiger partial charge in [0.15, 0.2) is 12.2 Å². The average Bonchev–Trinajstić information content (AvgIpc) is 2.36. The maximum absolute atomic E-state index is 13.1. The molecule has 0 saturated heterocycles. The van der Waals surface area contributed by atoms with E-state index in [4.69, 9.17) is 37.0 Å². The molecule has 2 unspecified atom stereocenters. The van der Waals surface area contributed by atoms with Crippen molar-refractivity contribution in [3.63, 3.8) is 0 Å². The van der Waals surface area contributed by atoms with Gasteiger partial charge >= 0.3 is 39.5 Å². The standard InChI is InChI=1S/C77H150O17P2/c1-7-9-11-13-15-17-18-19-20-21-22-23-24-25-26-27-32-36-43-49-55-61-76(81)93-72(66-88-75(80)60-54-48-42-35-31-29-28-30-34-39-45-51-57-69(3)4)67-91-95(83,84)89-63-71(78)64-90-96(85,86)92-68-73(65-87-74(79)59-53-47-41-33-16-14-12-10-8-2)94-77(82)62-56-50-44-38-37-40-46-52-58-70(5)6/h69-73,78H,7-68H2,1-6H3,(H,83,84)(H,85,86)/t71-,72-,73-/m1/s1. The summed E-state index contributed by atoms with van der Waals surface area (Å²) in [7, 11) is -9.91. The van der Waals surface area contributed by atoms with Crippen molar-refractivity contribution in [3.8, 4) is 0 Å². The van der Waals surface area contributed by atoms with Gasteiger partial charge in [0.05, 0.1) is 26.4 Å². The number of aliphatic hydroxyl groups is 1. The molecular weight excluding hydrogens is 1260 g/mol. The maximum Gasteiger partial charge on any atom is 0.472 e. The van der Waals surface area contributed by atoms with E-state index in [2.05, 4.69) is 41.5 Å². The normalized spacial score (nSPS) is 14.0. The third-order valence-electron chi connectivity index (χ3n) is 18.0. The summed E-state index contributed by atoms with van der Waals surface area (Å²) >= 11 is 0. The monoisotopic (exact) mass is 1410 g/mol. The van der Waals surface area contributed by atoms with Crippen LogP contribution in [0.25, 0.3) is 0 Å². The lowest BCUT2D eigenvalue weighted by Gasteiger charge is -2.21. The molecule has 570 valence electrons. The summed E-state index contributed by atoms with van der Waals surface area (Å²) in [5.41, 5.74) is 0. The molecule has 0 heterocycles. The van der Waals surface area contributed by atoms with Gasteiger partial charge in [0.1, 0.15) is 19.3 Å². The maximum atomic E-state index is 13.1. The van der Waals surface area contributed by atoms with Crippen molar-refractivity contribution in [2.45, 2.75) is 419 Å². The minimum atomic E-state index is -4.96. The predicted octanol–water partition coefficient (Wildman–Crippen LogP) is 22.7. The van der Waals surface area contributed by atoms with E-state index in [0.29, 0.717) is 25.7 Å². The zero-order valence-corrected chi connectivity index (χ0v) is 64.5. The van der Waals surface area contributed by atoms with E-state index in [1.165, 1.54) is 218 Å². The Bertz CT molecular complexity index is 1860. The summed E-state index contributed by atoms with van der Waals surface area (Å²) < 4.78 is 68.5. The number of ether oxygens (including phenoxy) is 4. The van der Waals surface area contributed by atoms with Crippen molar-refractivity contribution in [1.29, 1.82) is 0 Å². The van der Waals surface area contributed by atoms with Gasteiger partial charge in [-0.3, -0.25) is 37.3 Å². The molecule has 5 atom stereocenters. The molecular formula is C77H150O17P2. The molecule has 0 aliphatic carbocycles. The Hall–Kier alpha value is -1.94. The number of carbonyl (C=O) groups excluding carboxylic acids is 4. The molecule has 3 N–H and O–H groups in total. The molecule has 0 aromatic heterocycles. The first-order valence-corrected chi connectivity index (χ1v) is 43.0. The molecule has 0 saturated carbocycles. The fourth-order valence-electron chi connectivity index (χ4n) is 11.8. The first-order chi connectivity index (χ1) is 46.4. The molecule has 17 nitrogen and oxygen atoms in total. The second kappa shape index (κ2) is 68.8. The van der Waals surface area contributed by atoms with Gasteiger partial charge in [-0.15, -0.1) is 0 Å². The highest BCUT2D eigenvalue weighted by molar-refractivity contribution is 7.47. The Morgan fingerprint density at radius 2 is 0.479 bits per heavy atom. The summed E-state index contributed by atoms with van der Waals surface area (Å²) in [5.74, 6) is -0.618. The van der Waals surface area contributed by atoms with Crippen LogP contribution in [-0.4, -0.2) is 96.7 Å². The summed E-state index contributed by atoms with van der Waals surface area (Å²) in [4.78, 5) is 72.8. The molecule has 0 rings (SSSR count). The Morgan fingerprint density at radius 1 is 0.281 bits per heavy atom. The number of phosphoric ester groups is 2. The molecule has 0 spiro atoms. The van der Waals surface area contributed by atoms with Crippen molar-refractivity contribution < 1.29 is 80.2 Å². The van der Waals surface area contributed by atoms with Crippen molar-refractivity contribution >= 4 is 39.5 Å². The second-order valence-corrected chi connectivity index (χ2v) is 31.6. The van der Waals surface area contributed by atoms with Gasteiger partial charge in [-0.1, -0.05) is 350 Å². The Morgan fingerprint density at radius 3 is 0.708 bits per heavy atom. The van der Waals surface area contributed by atoms with E-state index in [9.17, 15) is 43.2 Å². The van der Waals surface area contributed by atoms with E-state index >= 15 is 0 Å². The van der Waals surface area contributed by atoms with Gasteiger partial charge in [-0.25, -0.2) is 9.13 Å². The zero-order valence-electron chi connectivity index (χ0n) is 62.7. The molecule has 0 aliphatic rings. The highest BCUT2D eigenvalue weighted by Crippen LogP contribution is 2.45. The Balaban J connectivity index is 5.19. The number of esters is 4. The number of hydrogen-bond acceptors (Lipinski definition) is 15. The largest absolute Gasteiger partial charge is 0.472 e. The van der Waals surface area contributed by atoms with Crippen LogP contribution in [0.4, 0.5) is 0 Å². The second-order valence-electron chi connectivity index (χ2n) is 28.7. The van der Waals surface area contributed by atoms with Crippen LogP contribution in [-0.2, 0) is 65.4 Å². The highest BCUT2D eigenvalue weighted by atomic mass is 31.2. The quantitative estimate of drug-likeness (QED) is 0.0222. The van der Waals surface area contributed by atoms with Gasteiger partial charge in [0.2, 0.25) is 0 Å². The van der Waals surface area contributed by atoms with Crippen LogP contribution in [0, 0.1) is 11.8 Å². The molecule has 0 aliphatic heterocycles. The summed E-state index contributed by atoms with van der Waals surface area (Å²) in [6.07, 6.45) is 57.1. The van der Waals surface area contributed by atoms with Gasteiger partial charge in [0, 0.05) is 25.7 Å². The minimum absolute atomic E-state index is 0.105. The number of aliphatic hydroxyl groups excluding tert-OH is 1. The third-order valence-corrected chi connectivity index (χ3v) is 19.9. The number of hydrogen-bond donors (Lipinski definition) is 3. The summed E-state index contributed by atoms with van der Waals surface area (Å²) in [6, 6.07) is 0. The van der Waals surface area contributed by atoms with Crippen molar-refractivity contribution in [2.75, 3.05) is 39.6 Å². The molecule has 0 bridgehead atoms. The fourth-order valence-corrected chi connectivity index (χ4v) is 13.4. The number of carbonyl (C=O) groups is 4. The zero-order chi connectivity index (χ0) is 70.7. The lowest BCUT2D eigenvalue weighted by Crippen LogP contribution is -2.30. The molecule has 19 heteroatoms. The van der Waals surface area contributed by atoms with Gasteiger partial charge in [0.25, 0.3) is 0 Å². The number of unbranched alkanes of at least 4 members (excludes halogenated alkanes) is 46. The molecule has 0 amide bonds. The fraction of sp³-hybridized carbons (Fsp3) is 0.948. The van der Waals surface area contributed by atoms with E-state index < -0.39 is 97.5 Å². The van der Waals surface area contributed by atoms with E-state index in [1.54, 1.807) is 0 Å². The topological polar surface area (TPSA) is 237 Å². The minimum Gasteiger partial charge on any atom is -0.462 e. The molecule has 0 radical (unpaired) electrons. The van der Waals surface area contributed by atoms with Crippen LogP contribution in [0.3, 0.4) is 0 Å². The number of phosphoric acid groups is 2. The van der Waals surface area contributed by atoms with Gasteiger partial charge in [-0.2, -0.15) is 0 Å². The SMILES string of the molecule is CCCCCCCCCCCCCCCCCCCCCCCC(=O)O[C@H](COC(=O)CCCCCCCCCCCCCCC(C)C)COP(=O)(O)OC[C@@H](O)COP(=O)(O)OC[C@@H](COC(=O)CCCCCCCCCCC)OC(=O)CCCCCCCCCCC(C)C. The smallest absolute Gasteiger partial charge is 0.462 e. The van der Waals surface area contributed by atoms with Gasteiger partial charge < -0.3 is 33.8 Å². The van der Waals surface area contributed by atoms with Crippen LogP contribution in [0.2, 0.25) is 0 Å². The lowest BCUT2D eigenvalue weighted by molar-refractivity contribution is -0.161. The van der Waals surface area contributed by atoms with Crippen molar-refractivity contribution in [2.24, 2.45) is 11.8 Å². The molecule has 0 fully saturated rings. The predicted molar refractivity (Wildman–Crippen MR) is 391 cm³/mol. The summed E-state index contributed by atoms with van der Waals surface area (Å²) in [6.45, 7) is 9.55. The van der Waals surface area contributed by atoms with Crippen LogP contribution in [0.1, 0.15) is 401 Å². The van der Waals surface area contributed by atoms with Crippen LogP contribution in [0.15, 0.2) is 0 Å². The first kappa shape index (κ1) is 94.1. The third kappa shape index (κ3) is 70.5. The van der Waals surface area contributed by atoms with Crippen LogP contribution < -0.4 is 0 Å². The average molecular weight is 1410 g/mol. The molecule has 96 heavy (non-hydrogen) atoms. The number of rotatable bonds is 76. The van der Waals surface area contributed by atoms with E-state index in [-0.39, 0.29) is 25.7 Å². The van der Waals surface area contributed by atoms with Crippen LogP contribution in [0.5, 0.6) is 0 Å². The Kier molecular flexibility index (Phi) is 67.4. The van der Waals surface area contributed by atoms with E-state index in [1.807, 2.05) is 0 Å². The van der Waals surface area contributed by atoms with Crippen LogP contribution >= 0.6 is 15.6 Å². The molecule has 0 aromatic rings. The first-order valence-electron chi connectivity index (χ1n) is 40.0. The van der Waals surface area contributed by atoms with Crippen molar-refractivity contribution in [1.82, 2.24) is 0 Å².